The van der Waals surface area contributed by atoms with Gasteiger partial charge in [-0.25, -0.2) is 4.98 Å². The van der Waals surface area contributed by atoms with E-state index in [0.717, 1.165) is 0 Å². The van der Waals surface area contributed by atoms with Crippen LogP contribution in [-0.4, -0.2) is 6.96 Å². The van der Waals surface area contributed by atoms with Gasteiger partial charge in [-0.15, -0.1) is 0 Å². The first kappa shape index (κ1) is 14.4. The van der Waals surface area contributed by atoms with Gasteiger partial charge in [-0.1, -0.05) is 30.3 Å². The van der Waals surface area contributed by atoms with Crippen LogP contribution in [0.1, 0.15) is 5.69 Å². The summed E-state index contributed by atoms with van der Waals surface area (Å²) in [5.41, 5.74) is 1.20. The highest BCUT2D eigenvalue weighted by atomic mass is 16.9. The molecule has 0 aliphatic carbocycles. The van der Waals surface area contributed by atoms with Crippen molar-refractivity contribution in [2.24, 2.45) is 0 Å². The van der Waals surface area contributed by atoms with Crippen molar-refractivity contribution in [3.63, 3.8) is 0 Å². The number of hydrogen-bond donors (Lipinski definition) is 0. The molecule has 0 radical (unpaired) electrons. The predicted octanol–water partition coefficient (Wildman–Crippen LogP) is 3.17. The zero-order valence-corrected chi connectivity index (χ0v) is 13.1. The van der Waals surface area contributed by atoms with E-state index in [1.165, 1.54) is 5.69 Å². The molecule has 2 aliphatic heterocycles. The fourth-order valence-corrected chi connectivity index (χ4v) is 2.54. The minimum Gasteiger partial charge on any atom is -0.609 e. The second kappa shape index (κ2) is 5.81. The zero-order chi connectivity index (χ0) is 16.4. The fraction of sp³-hybridized carbons (Fsp3) is 0.0556. The van der Waals surface area contributed by atoms with Crippen LogP contribution < -0.4 is 23.6 Å². The third-order valence-electron chi connectivity index (χ3n) is 3.65. The van der Waals surface area contributed by atoms with E-state index in [9.17, 15) is 0 Å². The summed E-state index contributed by atoms with van der Waals surface area (Å²) in [5, 5.41) is 0. The highest BCUT2D eigenvalue weighted by Gasteiger charge is 2.51. The smallest absolute Gasteiger partial charge is 0.609 e. The van der Waals surface area contributed by atoms with Gasteiger partial charge in [0.15, 0.2) is 11.9 Å². The van der Waals surface area contributed by atoms with Gasteiger partial charge < -0.3 is 18.6 Å². The molecule has 0 unspecified atom stereocenters. The summed E-state index contributed by atoms with van der Waals surface area (Å²) in [4.78, 5) is 3.03. The standard InChI is InChI=1S/C12H8BO4.C6H7N/c1-2-6-10-9(5-1)14-13(15-10)16-11-7-3-4-8-12(11)17-13;1-6-4-2-3-5-7-6/h1-8H;2-5H,1H3/q-1;/p+1. The molecule has 24 heavy (non-hydrogen) atoms. The molecule has 6 heteroatoms. The number of aryl methyl sites for hydroxylation is 1. The van der Waals surface area contributed by atoms with E-state index in [1.807, 2.05) is 79.9 Å². The second-order valence-electron chi connectivity index (χ2n) is 5.49. The maximum atomic E-state index is 5.63. The number of aromatic amines is 1. The lowest BCUT2D eigenvalue weighted by Gasteiger charge is -2.27. The Morgan fingerprint density at radius 3 is 1.33 bits per heavy atom. The lowest BCUT2D eigenvalue weighted by molar-refractivity contribution is -0.387. The quantitative estimate of drug-likeness (QED) is 0.597. The van der Waals surface area contributed by atoms with Gasteiger partial charge in [-0.3, -0.25) is 0 Å². The predicted molar refractivity (Wildman–Crippen MR) is 88.9 cm³/mol. The summed E-state index contributed by atoms with van der Waals surface area (Å²) in [5.74, 6) is 2.56. The van der Waals surface area contributed by atoms with Crippen LogP contribution in [0.2, 0.25) is 0 Å². The van der Waals surface area contributed by atoms with Crippen LogP contribution in [0.4, 0.5) is 0 Å². The second-order valence-corrected chi connectivity index (χ2v) is 5.49. The van der Waals surface area contributed by atoms with Crippen molar-refractivity contribution in [2.75, 3.05) is 0 Å². The summed E-state index contributed by atoms with van der Waals surface area (Å²) < 4.78 is 22.5. The van der Waals surface area contributed by atoms with Gasteiger partial charge in [0, 0.05) is 19.1 Å². The van der Waals surface area contributed by atoms with Crippen LogP contribution in [0, 0.1) is 6.92 Å². The minimum absolute atomic E-state index is 0.639. The minimum atomic E-state index is -2.21. The van der Waals surface area contributed by atoms with Gasteiger partial charge in [0.05, 0.1) is 0 Å². The van der Waals surface area contributed by atoms with E-state index in [1.54, 1.807) is 0 Å². The van der Waals surface area contributed by atoms with Crippen molar-refractivity contribution >= 4 is 6.96 Å². The molecule has 0 amide bonds. The molecule has 1 N–H and O–H groups in total. The number of fused-ring (bicyclic) bond motifs is 2. The molecule has 120 valence electrons. The van der Waals surface area contributed by atoms with Gasteiger partial charge in [0.25, 0.3) is 0 Å². The van der Waals surface area contributed by atoms with E-state index >= 15 is 0 Å². The maximum absolute atomic E-state index is 5.63. The Labute approximate surface area is 139 Å². The Morgan fingerprint density at radius 1 is 0.625 bits per heavy atom. The number of pyridine rings is 1. The third-order valence-corrected chi connectivity index (χ3v) is 3.65. The molecule has 5 rings (SSSR count). The molecule has 3 aromatic rings. The SMILES string of the molecule is Cc1cccc[nH+]1.c1ccc2c(c1)O[B-]1(O2)Oc2ccccc2O1. The molecule has 0 atom stereocenters. The van der Waals surface area contributed by atoms with Crippen LogP contribution in [0.5, 0.6) is 23.0 Å². The number of para-hydroxylation sites is 4. The van der Waals surface area contributed by atoms with Gasteiger partial charge in [0.2, 0.25) is 0 Å². The first-order valence-electron chi connectivity index (χ1n) is 7.74. The molecule has 1 aromatic heterocycles. The van der Waals surface area contributed by atoms with Crippen molar-refractivity contribution in [1.29, 1.82) is 0 Å². The number of benzene rings is 2. The lowest BCUT2D eigenvalue weighted by atomic mass is 10.1. The van der Waals surface area contributed by atoms with E-state index in [0.29, 0.717) is 23.0 Å². The summed E-state index contributed by atoms with van der Waals surface area (Å²) in [7, 11) is 0. The number of rotatable bonds is 0. The molecule has 0 saturated carbocycles. The topological polar surface area (TPSA) is 51.1 Å². The molecular formula is C18H16BNO4. The summed E-state index contributed by atoms with van der Waals surface area (Å²) >= 11 is 0. The molecule has 0 bridgehead atoms. The van der Waals surface area contributed by atoms with Crippen molar-refractivity contribution in [3.05, 3.63) is 78.6 Å². The Morgan fingerprint density at radius 2 is 1.04 bits per heavy atom. The van der Waals surface area contributed by atoms with E-state index in [-0.39, 0.29) is 0 Å². The van der Waals surface area contributed by atoms with Gasteiger partial charge in [-0.2, -0.15) is 0 Å². The fourth-order valence-electron chi connectivity index (χ4n) is 2.54. The van der Waals surface area contributed by atoms with Gasteiger partial charge in [0.1, 0.15) is 23.0 Å². The Bertz CT molecular complexity index is 749. The lowest BCUT2D eigenvalue weighted by Crippen LogP contribution is -2.54. The van der Waals surface area contributed by atoms with Crippen LogP contribution in [0.25, 0.3) is 0 Å². The Hall–Kier alpha value is -3.15. The summed E-state index contributed by atoms with van der Waals surface area (Å²) in [6, 6.07) is 20.8. The molecule has 2 aliphatic rings. The number of hydrogen-bond acceptors (Lipinski definition) is 4. The highest BCUT2D eigenvalue weighted by Crippen LogP contribution is 2.44. The third kappa shape index (κ3) is 2.74. The number of nitrogens with one attached hydrogen (secondary N) is 1. The summed E-state index contributed by atoms with van der Waals surface area (Å²) in [6.07, 6.45) is 1.91. The van der Waals surface area contributed by atoms with Gasteiger partial charge in [-0.05, 0) is 24.3 Å². The Kier molecular flexibility index (Phi) is 3.50. The van der Waals surface area contributed by atoms with Crippen molar-refractivity contribution in [3.8, 4) is 23.0 Å². The maximum Gasteiger partial charge on any atom is 0.777 e. The Balaban J connectivity index is 0.000000177. The summed E-state index contributed by atoms with van der Waals surface area (Å²) in [6.45, 7) is -0.179. The van der Waals surface area contributed by atoms with Crippen LogP contribution in [-0.2, 0) is 0 Å². The van der Waals surface area contributed by atoms with Crippen LogP contribution in [0.15, 0.2) is 72.9 Å². The molecule has 0 fully saturated rings. The first-order valence-corrected chi connectivity index (χ1v) is 7.74. The average Bonchev–Trinajstić information content (AvgIpc) is 3.14. The molecule has 2 aromatic carbocycles. The van der Waals surface area contributed by atoms with Crippen molar-refractivity contribution < 1.29 is 23.6 Å². The largest absolute Gasteiger partial charge is 0.777 e. The molecule has 0 saturated heterocycles. The molecule has 3 heterocycles. The molecule has 1 spiro atoms. The highest BCUT2D eigenvalue weighted by molar-refractivity contribution is 6.59. The van der Waals surface area contributed by atoms with E-state index < -0.39 is 6.96 Å². The normalized spacial score (nSPS) is 14.9. The van der Waals surface area contributed by atoms with Gasteiger partial charge >= 0.3 is 6.96 Å². The molecular weight excluding hydrogens is 305 g/mol. The number of aromatic nitrogens is 1. The van der Waals surface area contributed by atoms with E-state index in [2.05, 4.69) is 4.98 Å². The van der Waals surface area contributed by atoms with E-state index in [4.69, 9.17) is 18.6 Å². The van der Waals surface area contributed by atoms with Crippen LogP contribution in [0.3, 0.4) is 0 Å². The zero-order valence-electron chi connectivity index (χ0n) is 13.1. The number of H-pyrrole nitrogens is 1. The average molecular weight is 321 g/mol. The first-order chi connectivity index (χ1) is 11.7. The molecule has 5 nitrogen and oxygen atoms in total. The van der Waals surface area contributed by atoms with Crippen molar-refractivity contribution in [1.82, 2.24) is 0 Å². The van der Waals surface area contributed by atoms with Crippen LogP contribution >= 0.6 is 0 Å². The monoisotopic (exact) mass is 321 g/mol. The van der Waals surface area contributed by atoms with Crippen molar-refractivity contribution in [2.45, 2.75) is 6.92 Å².